The van der Waals surface area contributed by atoms with Crippen LogP contribution in [-0.2, 0) is 0 Å². The molecule has 0 aromatic heterocycles. The quantitative estimate of drug-likeness (QED) is 0.315. The van der Waals surface area contributed by atoms with Crippen LogP contribution >= 0.6 is 0 Å². The summed E-state index contributed by atoms with van der Waals surface area (Å²) in [5.41, 5.74) is 4.89. The second-order valence-corrected chi connectivity index (χ2v) is 6.20. The Kier molecular flexibility index (Phi) is 6.44. The van der Waals surface area contributed by atoms with Crippen LogP contribution in [0.5, 0.6) is 0 Å². The molecule has 130 valence electrons. The summed E-state index contributed by atoms with van der Waals surface area (Å²) in [4.78, 5) is 2.33. The molecule has 0 radical (unpaired) electrons. The molecular formula is C25H25N. The van der Waals surface area contributed by atoms with Gasteiger partial charge in [0, 0.05) is 17.9 Å². The molecule has 0 fully saturated rings. The van der Waals surface area contributed by atoms with Gasteiger partial charge in [0.05, 0.1) is 0 Å². The summed E-state index contributed by atoms with van der Waals surface area (Å²) in [5.74, 6) is 0. The highest BCUT2D eigenvalue weighted by molar-refractivity contribution is 5.70. The predicted octanol–water partition coefficient (Wildman–Crippen LogP) is 7.01. The molecule has 3 aromatic rings. The summed E-state index contributed by atoms with van der Waals surface area (Å²) in [7, 11) is 0. The fraction of sp³-hybridized carbons (Fsp3) is 0.120. The van der Waals surface area contributed by atoms with Crippen LogP contribution in [0.2, 0.25) is 0 Å². The van der Waals surface area contributed by atoms with Crippen molar-refractivity contribution in [2.45, 2.75) is 12.8 Å². The molecule has 0 aliphatic rings. The number of unbranched alkanes of at least 4 members (excludes halogenated alkanes) is 1. The monoisotopic (exact) mass is 339 g/mol. The van der Waals surface area contributed by atoms with Crippen LogP contribution in [0, 0.1) is 0 Å². The number of benzene rings is 3. The van der Waals surface area contributed by atoms with E-state index in [9.17, 15) is 0 Å². The van der Waals surface area contributed by atoms with E-state index in [2.05, 4.69) is 102 Å². The van der Waals surface area contributed by atoms with Crippen molar-refractivity contribution in [3.63, 3.8) is 0 Å². The van der Waals surface area contributed by atoms with Crippen molar-refractivity contribution in [3.05, 3.63) is 110 Å². The number of hydrogen-bond donors (Lipinski definition) is 0. The van der Waals surface area contributed by atoms with Gasteiger partial charge in [-0.1, -0.05) is 78.9 Å². The second kappa shape index (κ2) is 9.43. The lowest BCUT2D eigenvalue weighted by atomic mass is 10.1. The molecule has 0 spiro atoms. The summed E-state index contributed by atoms with van der Waals surface area (Å²) in [6.45, 7) is 4.63. The Balaban J connectivity index is 1.82. The minimum absolute atomic E-state index is 0.853. The van der Waals surface area contributed by atoms with E-state index in [0.29, 0.717) is 0 Å². The minimum Gasteiger partial charge on any atom is -0.338 e. The summed E-state index contributed by atoms with van der Waals surface area (Å²) >= 11 is 0. The third-order valence-corrected chi connectivity index (χ3v) is 4.35. The topological polar surface area (TPSA) is 3.24 Å². The lowest BCUT2D eigenvalue weighted by molar-refractivity contribution is 1.03. The van der Waals surface area contributed by atoms with Crippen LogP contribution in [0.1, 0.15) is 12.8 Å². The molecule has 0 amide bonds. The fourth-order valence-electron chi connectivity index (χ4n) is 2.94. The van der Waals surface area contributed by atoms with E-state index in [0.717, 1.165) is 19.4 Å². The number of hydrogen-bond acceptors (Lipinski definition) is 1. The highest BCUT2D eigenvalue weighted by Gasteiger charge is 2.07. The van der Waals surface area contributed by atoms with Crippen molar-refractivity contribution in [2.75, 3.05) is 11.4 Å². The van der Waals surface area contributed by atoms with E-state index < -0.39 is 0 Å². The van der Waals surface area contributed by atoms with Gasteiger partial charge in [0.2, 0.25) is 0 Å². The Morgan fingerprint density at radius 1 is 0.615 bits per heavy atom. The Bertz CT molecular complexity index is 817. The summed E-state index contributed by atoms with van der Waals surface area (Å²) in [5, 5.41) is 0. The predicted molar refractivity (Wildman–Crippen MR) is 114 cm³/mol. The molecule has 0 heterocycles. The first-order chi connectivity index (χ1) is 12.9. The Hall–Kier alpha value is -3.06. The van der Waals surface area contributed by atoms with Crippen LogP contribution in [0.4, 0.5) is 11.4 Å². The van der Waals surface area contributed by atoms with Crippen molar-refractivity contribution in [2.24, 2.45) is 0 Å². The molecule has 3 aromatic carbocycles. The Morgan fingerprint density at radius 3 is 1.85 bits per heavy atom. The van der Waals surface area contributed by atoms with Gasteiger partial charge >= 0.3 is 0 Å². The van der Waals surface area contributed by atoms with Gasteiger partial charge in [0.1, 0.15) is 0 Å². The smallest absolute Gasteiger partial charge is 0.0414 e. The second-order valence-electron chi connectivity index (χ2n) is 6.20. The average Bonchev–Trinajstić information content (AvgIpc) is 2.72. The summed E-state index contributed by atoms with van der Waals surface area (Å²) < 4.78 is 0. The van der Waals surface area contributed by atoms with Gasteiger partial charge in [-0.2, -0.15) is 0 Å². The van der Waals surface area contributed by atoms with Crippen LogP contribution < -0.4 is 4.90 Å². The molecule has 0 atom stereocenters. The van der Waals surface area contributed by atoms with Gasteiger partial charge in [-0.3, -0.25) is 0 Å². The van der Waals surface area contributed by atoms with Crippen LogP contribution in [0.15, 0.2) is 110 Å². The molecule has 0 N–H and O–H groups in total. The SMILES string of the molecule is C=CCC/C=C\CN(c1ccccc1)c1ccc(-c2ccccc2)cc1. The highest BCUT2D eigenvalue weighted by Crippen LogP contribution is 2.28. The first-order valence-corrected chi connectivity index (χ1v) is 9.12. The molecule has 3 rings (SSSR count). The van der Waals surface area contributed by atoms with Gasteiger partial charge in [-0.25, -0.2) is 0 Å². The number of nitrogens with zero attached hydrogens (tertiary/aromatic N) is 1. The Morgan fingerprint density at radius 2 is 1.19 bits per heavy atom. The molecule has 0 bridgehead atoms. The van der Waals surface area contributed by atoms with Crippen LogP contribution in [0.3, 0.4) is 0 Å². The van der Waals surface area contributed by atoms with Crippen LogP contribution in [-0.4, -0.2) is 6.54 Å². The molecule has 1 heteroatoms. The average molecular weight is 339 g/mol. The largest absolute Gasteiger partial charge is 0.338 e. The third kappa shape index (κ3) is 4.73. The molecular weight excluding hydrogens is 314 g/mol. The van der Waals surface area contributed by atoms with E-state index in [4.69, 9.17) is 0 Å². The van der Waals surface area contributed by atoms with Crippen molar-refractivity contribution >= 4 is 11.4 Å². The minimum atomic E-state index is 0.853. The van der Waals surface area contributed by atoms with Crippen molar-refractivity contribution < 1.29 is 0 Å². The third-order valence-electron chi connectivity index (χ3n) is 4.35. The first-order valence-electron chi connectivity index (χ1n) is 9.12. The highest BCUT2D eigenvalue weighted by atomic mass is 15.1. The van der Waals surface area contributed by atoms with Crippen molar-refractivity contribution in [3.8, 4) is 11.1 Å². The number of rotatable bonds is 8. The summed E-state index contributed by atoms with van der Waals surface area (Å²) in [6.07, 6.45) is 8.49. The van der Waals surface area contributed by atoms with Crippen LogP contribution in [0.25, 0.3) is 11.1 Å². The molecule has 26 heavy (non-hydrogen) atoms. The van der Waals surface area contributed by atoms with Gasteiger partial charge in [0.25, 0.3) is 0 Å². The fourth-order valence-corrected chi connectivity index (χ4v) is 2.94. The standard InChI is InChI=1S/C25H25N/c1-2-3-4-5-12-21-26(24-15-10-7-11-16-24)25-19-17-23(18-20-25)22-13-8-6-9-14-22/h2,5-20H,1,3-4,21H2/b12-5-. The van der Waals surface area contributed by atoms with E-state index in [-0.39, 0.29) is 0 Å². The number of anilines is 2. The zero-order valence-electron chi connectivity index (χ0n) is 15.1. The van der Waals surface area contributed by atoms with Gasteiger partial charge < -0.3 is 4.90 Å². The van der Waals surface area contributed by atoms with E-state index in [1.807, 2.05) is 12.1 Å². The maximum absolute atomic E-state index is 3.78. The molecule has 0 saturated heterocycles. The first kappa shape index (κ1) is 17.8. The van der Waals surface area contributed by atoms with E-state index >= 15 is 0 Å². The zero-order valence-corrected chi connectivity index (χ0v) is 15.1. The van der Waals surface area contributed by atoms with Crippen molar-refractivity contribution in [1.82, 2.24) is 0 Å². The maximum atomic E-state index is 3.78. The molecule has 0 aliphatic carbocycles. The lowest BCUT2D eigenvalue weighted by Gasteiger charge is -2.24. The van der Waals surface area contributed by atoms with Gasteiger partial charge in [0.15, 0.2) is 0 Å². The molecule has 0 unspecified atom stereocenters. The van der Waals surface area contributed by atoms with Crippen molar-refractivity contribution in [1.29, 1.82) is 0 Å². The molecule has 0 aliphatic heterocycles. The number of allylic oxidation sites excluding steroid dienone is 2. The summed E-state index contributed by atoms with van der Waals surface area (Å²) in [6, 6.07) is 29.8. The van der Waals surface area contributed by atoms with Gasteiger partial charge in [-0.15, -0.1) is 6.58 Å². The number of para-hydroxylation sites is 1. The maximum Gasteiger partial charge on any atom is 0.0414 e. The molecule has 0 saturated carbocycles. The van der Waals surface area contributed by atoms with E-state index in [1.54, 1.807) is 0 Å². The lowest BCUT2D eigenvalue weighted by Crippen LogP contribution is -2.16. The van der Waals surface area contributed by atoms with E-state index in [1.165, 1.54) is 22.5 Å². The van der Waals surface area contributed by atoms with Gasteiger partial charge in [-0.05, 0) is 48.2 Å². The zero-order chi connectivity index (χ0) is 18.0. The molecule has 1 nitrogen and oxygen atoms in total. The Labute approximate surface area is 156 Å². The normalized spacial score (nSPS) is 10.8.